The molecule has 0 bridgehead atoms. The van der Waals surface area contributed by atoms with E-state index in [1.54, 1.807) is 0 Å². The van der Waals surface area contributed by atoms with Crippen LogP contribution in [0.1, 0.15) is 32.1 Å². The van der Waals surface area contributed by atoms with E-state index in [9.17, 15) is 9.59 Å². The molecule has 2 unspecified atom stereocenters. The van der Waals surface area contributed by atoms with E-state index in [0.717, 1.165) is 44.5 Å². The maximum absolute atomic E-state index is 13.2. The van der Waals surface area contributed by atoms with Crippen LogP contribution in [-0.4, -0.2) is 73.9 Å². The van der Waals surface area contributed by atoms with Gasteiger partial charge in [-0.3, -0.25) is 9.59 Å². The van der Waals surface area contributed by atoms with E-state index >= 15 is 0 Å². The van der Waals surface area contributed by atoms with Crippen molar-refractivity contribution in [2.24, 2.45) is 11.8 Å². The Kier molecular flexibility index (Phi) is 7.23. The second-order valence-electron chi connectivity index (χ2n) is 8.39. The van der Waals surface area contributed by atoms with Crippen molar-refractivity contribution >= 4 is 11.8 Å². The van der Waals surface area contributed by atoms with Crippen LogP contribution in [0.2, 0.25) is 0 Å². The molecule has 30 heavy (non-hydrogen) atoms. The van der Waals surface area contributed by atoms with Gasteiger partial charge in [-0.25, -0.2) is 0 Å². The predicted octanol–water partition coefficient (Wildman–Crippen LogP) is 2.31. The van der Waals surface area contributed by atoms with E-state index in [2.05, 4.69) is 0 Å². The number of amides is 2. The fraction of sp³-hybridized carbons (Fsp3) is 0.652. The Morgan fingerprint density at radius 3 is 2.50 bits per heavy atom. The summed E-state index contributed by atoms with van der Waals surface area (Å²) in [5, 5.41) is 0. The zero-order valence-electron chi connectivity index (χ0n) is 17.5. The number of hydrogen-bond acceptors (Lipinski definition) is 5. The summed E-state index contributed by atoms with van der Waals surface area (Å²) in [5.41, 5.74) is 0. The number of benzene rings is 1. The summed E-state index contributed by atoms with van der Waals surface area (Å²) < 4.78 is 17.0. The molecule has 7 heteroatoms. The van der Waals surface area contributed by atoms with Crippen molar-refractivity contribution in [1.29, 1.82) is 0 Å². The quantitative estimate of drug-likeness (QED) is 0.712. The Hall–Kier alpha value is -2.12. The summed E-state index contributed by atoms with van der Waals surface area (Å²) >= 11 is 0. The van der Waals surface area contributed by atoms with Crippen molar-refractivity contribution in [2.75, 3.05) is 46.0 Å². The maximum atomic E-state index is 13.2. The normalized spacial score (nSPS) is 25.3. The summed E-state index contributed by atoms with van der Waals surface area (Å²) in [7, 11) is 0. The van der Waals surface area contributed by atoms with Gasteiger partial charge in [0.25, 0.3) is 0 Å². The summed E-state index contributed by atoms with van der Waals surface area (Å²) in [4.78, 5) is 29.6. The highest BCUT2D eigenvalue weighted by Gasteiger charge is 2.36. The summed E-state index contributed by atoms with van der Waals surface area (Å²) in [6, 6.07) is 9.52. The molecule has 3 aliphatic heterocycles. The van der Waals surface area contributed by atoms with Crippen molar-refractivity contribution < 1.29 is 23.8 Å². The Morgan fingerprint density at radius 1 is 0.967 bits per heavy atom. The third kappa shape index (κ3) is 5.32. The monoisotopic (exact) mass is 416 g/mol. The van der Waals surface area contributed by atoms with E-state index < -0.39 is 0 Å². The number of ether oxygens (including phenoxy) is 3. The molecular formula is C23H32N2O5. The largest absolute Gasteiger partial charge is 0.493 e. The molecule has 0 aliphatic carbocycles. The average molecular weight is 417 g/mol. The first-order valence-electron chi connectivity index (χ1n) is 11.2. The molecule has 1 aromatic rings. The van der Waals surface area contributed by atoms with Crippen molar-refractivity contribution in [2.45, 2.75) is 38.4 Å². The van der Waals surface area contributed by atoms with Crippen LogP contribution < -0.4 is 4.74 Å². The second kappa shape index (κ2) is 10.3. The van der Waals surface area contributed by atoms with Crippen LogP contribution >= 0.6 is 0 Å². The van der Waals surface area contributed by atoms with Gasteiger partial charge >= 0.3 is 0 Å². The molecule has 0 aromatic heterocycles. The second-order valence-corrected chi connectivity index (χ2v) is 8.39. The van der Waals surface area contributed by atoms with E-state index in [4.69, 9.17) is 14.2 Å². The van der Waals surface area contributed by atoms with Gasteiger partial charge in [0.05, 0.1) is 32.2 Å². The van der Waals surface area contributed by atoms with Crippen LogP contribution in [0.4, 0.5) is 0 Å². The van der Waals surface area contributed by atoms with E-state index in [0.29, 0.717) is 39.3 Å². The van der Waals surface area contributed by atoms with Gasteiger partial charge in [-0.15, -0.1) is 0 Å². The van der Waals surface area contributed by atoms with Crippen LogP contribution in [0.3, 0.4) is 0 Å². The minimum absolute atomic E-state index is 0.0627. The molecule has 3 aliphatic rings. The number of rotatable bonds is 6. The van der Waals surface area contributed by atoms with Gasteiger partial charge in [0, 0.05) is 32.1 Å². The molecule has 0 radical (unpaired) electrons. The summed E-state index contributed by atoms with van der Waals surface area (Å²) in [5.74, 6) is 1.15. The van der Waals surface area contributed by atoms with Crippen LogP contribution in [0, 0.1) is 11.8 Å². The van der Waals surface area contributed by atoms with Crippen molar-refractivity contribution in [1.82, 2.24) is 9.80 Å². The molecule has 164 valence electrons. The number of hydrogen-bond donors (Lipinski definition) is 0. The van der Waals surface area contributed by atoms with Gasteiger partial charge in [-0.2, -0.15) is 0 Å². The minimum Gasteiger partial charge on any atom is -0.493 e. The van der Waals surface area contributed by atoms with Crippen LogP contribution in [-0.2, 0) is 19.1 Å². The molecule has 0 N–H and O–H groups in total. The highest BCUT2D eigenvalue weighted by atomic mass is 16.7. The molecule has 3 fully saturated rings. The number of para-hydroxylation sites is 1. The third-order valence-corrected chi connectivity index (χ3v) is 6.25. The van der Waals surface area contributed by atoms with Crippen molar-refractivity contribution in [3.05, 3.63) is 30.3 Å². The van der Waals surface area contributed by atoms with Crippen molar-refractivity contribution in [3.8, 4) is 5.75 Å². The lowest BCUT2D eigenvalue weighted by atomic mass is 9.92. The maximum Gasteiger partial charge on any atom is 0.227 e. The zero-order chi connectivity index (χ0) is 20.8. The Labute approximate surface area is 178 Å². The molecule has 1 aromatic carbocycles. The van der Waals surface area contributed by atoms with Gasteiger partial charge in [-0.1, -0.05) is 18.2 Å². The standard InChI is InChI=1S/C23H32N2O5/c26-21(10-13-28-20-8-2-1-3-9-20)24-11-4-6-18(16-24)22(27)25-12-5-7-19(17-25)23-29-14-15-30-23/h1-3,8-9,18-19,23H,4-7,10-17H2. The molecule has 0 spiro atoms. The SMILES string of the molecule is O=C(CCOc1ccccc1)N1CCCC(C(=O)N2CCCC(C3OCCO3)C2)C1. The summed E-state index contributed by atoms with van der Waals surface area (Å²) in [6.07, 6.45) is 3.89. The molecule has 3 heterocycles. The number of carbonyl (C=O) groups excluding carboxylic acids is 2. The molecule has 3 saturated heterocycles. The van der Waals surface area contributed by atoms with E-state index in [1.807, 2.05) is 40.1 Å². The smallest absolute Gasteiger partial charge is 0.227 e. The van der Waals surface area contributed by atoms with Crippen LogP contribution in [0.25, 0.3) is 0 Å². The fourth-order valence-corrected chi connectivity index (χ4v) is 4.68. The summed E-state index contributed by atoms with van der Waals surface area (Å²) in [6.45, 7) is 4.36. The number of nitrogens with zero attached hydrogens (tertiary/aromatic N) is 2. The van der Waals surface area contributed by atoms with Crippen LogP contribution in [0.15, 0.2) is 30.3 Å². The highest BCUT2D eigenvalue weighted by molar-refractivity contribution is 5.81. The highest BCUT2D eigenvalue weighted by Crippen LogP contribution is 2.27. The van der Waals surface area contributed by atoms with Gasteiger partial charge in [0.2, 0.25) is 11.8 Å². The molecule has 4 rings (SSSR count). The van der Waals surface area contributed by atoms with Crippen molar-refractivity contribution in [3.63, 3.8) is 0 Å². The molecule has 2 atom stereocenters. The first-order valence-corrected chi connectivity index (χ1v) is 11.2. The Balaban J connectivity index is 1.25. The van der Waals surface area contributed by atoms with Gasteiger partial charge in [-0.05, 0) is 37.8 Å². The molecule has 7 nitrogen and oxygen atoms in total. The molecular weight excluding hydrogens is 384 g/mol. The van der Waals surface area contributed by atoms with Gasteiger partial charge < -0.3 is 24.0 Å². The number of likely N-dealkylation sites (tertiary alicyclic amines) is 2. The first-order chi connectivity index (χ1) is 14.7. The third-order valence-electron chi connectivity index (χ3n) is 6.25. The Bertz CT molecular complexity index is 707. The first kappa shape index (κ1) is 21.1. The molecule has 2 amide bonds. The topological polar surface area (TPSA) is 68.3 Å². The van der Waals surface area contributed by atoms with E-state index in [-0.39, 0.29) is 29.9 Å². The molecule has 0 saturated carbocycles. The predicted molar refractivity (Wildman–Crippen MR) is 111 cm³/mol. The number of carbonyl (C=O) groups is 2. The van der Waals surface area contributed by atoms with Gasteiger partial charge in [0.15, 0.2) is 6.29 Å². The number of piperidine rings is 2. The minimum atomic E-state index is -0.172. The average Bonchev–Trinajstić information content (AvgIpc) is 3.34. The lowest BCUT2D eigenvalue weighted by molar-refractivity contribution is -0.146. The van der Waals surface area contributed by atoms with E-state index in [1.165, 1.54) is 0 Å². The fourth-order valence-electron chi connectivity index (χ4n) is 4.68. The van der Waals surface area contributed by atoms with Crippen LogP contribution in [0.5, 0.6) is 5.75 Å². The van der Waals surface area contributed by atoms with Gasteiger partial charge in [0.1, 0.15) is 5.75 Å². The lowest BCUT2D eigenvalue weighted by Gasteiger charge is -2.39. The zero-order valence-corrected chi connectivity index (χ0v) is 17.5. The lowest BCUT2D eigenvalue weighted by Crippen LogP contribution is -2.50. The Morgan fingerprint density at radius 2 is 1.70 bits per heavy atom.